The van der Waals surface area contributed by atoms with Crippen molar-refractivity contribution in [1.82, 2.24) is 14.8 Å². The molecule has 0 saturated carbocycles. The summed E-state index contributed by atoms with van der Waals surface area (Å²) in [6.45, 7) is 1.34. The summed E-state index contributed by atoms with van der Waals surface area (Å²) in [7, 11) is 3.73. The smallest absolute Gasteiger partial charge is 0.234 e. The summed E-state index contributed by atoms with van der Waals surface area (Å²) in [5.41, 5.74) is 3.38. The number of carbonyl (C=O) groups excluding carboxylic acids is 1. The number of aryl methyl sites for hydroxylation is 1. The molecule has 0 radical (unpaired) electrons. The molecule has 5 nitrogen and oxygen atoms in total. The summed E-state index contributed by atoms with van der Waals surface area (Å²) < 4.78 is 7.44. The van der Waals surface area contributed by atoms with Gasteiger partial charge in [0.1, 0.15) is 5.75 Å². The zero-order valence-corrected chi connectivity index (χ0v) is 17.6. The number of carbonyl (C=O) groups is 1. The van der Waals surface area contributed by atoms with Crippen molar-refractivity contribution in [2.45, 2.75) is 24.9 Å². The third kappa shape index (κ3) is 4.41. The largest absolute Gasteiger partial charge is 0.497 e. The average Bonchev–Trinajstić information content (AvgIpc) is 3.41. The van der Waals surface area contributed by atoms with Crippen molar-refractivity contribution in [1.29, 1.82) is 0 Å². The Labute approximate surface area is 178 Å². The van der Waals surface area contributed by atoms with E-state index in [0.29, 0.717) is 12.6 Å². The van der Waals surface area contributed by atoms with Crippen molar-refractivity contribution in [3.05, 3.63) is 89.7 Å². The summed E-state index contributed by atoms with van der Waals surface area (Å²) in [5.74, 6) is 0.847. The van der Waals surface area contributed by atoms with Crippen LogP contribution >= 0.6 is 0 Å². The summed E-state index contributed by atoms with van der Waals surface area (Å²) in [5, 5.41) is 3.27. The van der Waals surface area contributed by atoms with Crippen LogP contribution in [-0.2, 0) is 11.8 Å². The highest BCUT2D eigenvalue weighted by molar-refractivity contribution is 5.79. The molecule has 1 N–H and O–H groups in total. The van der Waals surface area contributed by atoms with E-state index in [0.717, 1.165) is 36.3 Å². The quantitative estimate of drug-likeness (QED) is 0.647. The molecule has 0 bridgehead atoms. The van der Waals surface area contributed by atoms with E-state index < -0.39 is 0 Å². The highest BCUT2D eigenvalue weighted by Crippen LogP contribution is 2.31. The third-order valence-corrected chi connectivity index (χ3v) is 5.92. The lowest BCUT2D eigenvalue weighted by Crippen LogP contribution is -2.39. The van der Waals surface area contributed by atoms with Gasteiger partial charge in [-0.3, -0.25) is 9.69 Å². The molecule has 2 atom stereocenters. The summed E-state index contributed by atoms with van der Waals surface area (Å²) in [6.07, 6.45) is 4.27. The van der Waals surface area contributed by atoms with Crippen LogP contribution in [0, 0.1) is 0 Å². The number of likely N-dealkylation sites (tertiary alicyclic amines) is 1. The monoisotopic (exact) mass is 403 g/mol. The van der Waals surface area contributed by atoms with Gasteiger partial charge in [-0.1, -0.05) is 42.5 Å². The number of hydrogen-bond acceptors (Lipinski definition) is 3. The van der Waals surface area contributed by atoms with Crippen LogP contribution in [0.15, 0.2) is 72.9 Å². The molecule has 4 rings (SSSR count). The second-order valence-corrected chi connectivity index (χ2v) is 7.86. The van der Waals surface area contributed by atoms with Gasteiger partial charge >= 0.3 is 0 Å². The number of nitrogens with one attached hydrogen (secondary N) is 1. The first kappa shape index (κ1) is 20.2. The Bertz CT molecular complexity index is 966. The molecule has 30 heavy (non-hydrogen) atoms. The number of rotatable bonds is 7. The van der Waals surface area contributed by atoms with E-state index in [4.69, 9.17) is 4.74 Å². The van der Waals surface area contributed by atoms with E-state index in [-0.39, 0.29) is 11.9 Å². The Kier molecular flexibility index (Phi) is 6.19. The highest BCUT2D eigenvalue weighted by Gasteiger charge is 2.29. The Morgan fingerprint density at radius 1 is 1.07 bits per heavy atom. The summed E-state index contributed by atoms with van der Waals surface area (Å²) in [4.78, 5) is 15.4. The van der Waals surface area contributed by atoms with Crippen molar-refractivity contribution in [2.75, 3.05) is 20.2 Å². The lowest BCUT2D eigenvalue weighted by molar-refractivity contribution is -0.123. The Hall–Kier alpha value is -3.05. The van der Waals surface area contributed by atoms with E-state index in [1.165, 1.54) is 5.69 Å². The molecule has 3 aromatic rings. The zero-order valence-electron chi connectivity index (χ0n) is 17.6. The van der Waals surface area contributed by atoms with E-state index in [9.17, 15) is 4.79 Å². The molecule has 1 aliphatic heterocycles. The Morgan fingerprint density at radius 3 is 2.47 bits per heavy atom. The molecule has 1 fully saturated rings. The van der Waals surface area contributed by atoms with Crippen LogP contribution in [0.4, 0.5) is 0 Å². The third-order valence-electron chi connectivity index (χ3n) is 5.92. The highest BCUT2D eigenvalue weighted by atomic mass is 16.5. The molecule has 1 aliphatic rings. The number of ether oxygens (including phenoxy) is 1. The molecule has 0 aliphatic carbocycles. The molecular formula is C25H29N3O2. The first-order chi connectivity index (χ1) is 14.7. The van der Waals surface area contributed by atoms with Gasteiger partial charge in [0.2, 0.25) is 5.91 Å². The number of benzene rings is 2. The number of nitrogens with zero attached hydrogens (tertiary/aromatic N) is 2. The van der Waals surface area contributed by atoms with Crippen LogP contribution in [0.3, 0.4) is 0 Å². The number of aromatic nitrogens is 1. The van der Waals surface area contributed by atoms with Gasteiger partial charge in [0.05, 0.1) is 25.7 Å². The van der Waals surface area contributed by atoms with E-state index in [1.807, 2.05) is 42.5 Å². The topological polar surface area (TPSA) is 46.5 Å². The van der Waals surface area contributed by atoms with Gasteiger partial charge in [-0.15, -0.1) is 0 Å². The van der Waals surface area contributed by atoms with Crippen molar-refractivity contribution < 1.29 is 9.53 Å². The van der Waals surface area contributed by atoms with Crippen LogP contribution in [0.1, 0.15) is 41.7 Å². The molecule has 5 heteroatoms. The normalized spacial score (nSPS) is 17.6. The first-order valence-corrected chi connectivity index (χ1v) is 10.5. The van der Waals surface area contributed by atoms with Gasteiger partial charge in [0.15, 0.2) is 0 Å². The minimum atomic E-state index is -0.194. The fourth-order valence-electron chi connectivity index (χ4n) is 4.36. The molecular weight excluding hydrogens is 374 g/mol. The minimum Gasteiger partial charge on any atom is -0.497 e. The van der Waals surface area contributed by atoms with Crippen molar-refractivity contribution in [3.63, 3.8) is 0 Å². The van der Waals surface area contributed by atoms with Gasteiger partial charge in [-0.25, -0.2) is 0 Å². The first-order valence-electron chi connectivity index (χ1n) is 10.5. The van der Waals surface area contributed by atoms with Gasteiger partial charge in [-0.05, 0) is 54.8 Å². The maximum Gasteiger partial charge on any atom is 0.234 e. The maximum absolute atomic E-state index is 13.1. The van der Waals surface area contributed by atoms with Crippen molar-refractivity contribution in [3.8, 4) is 5.75 Å². The zero-order chi connectivity index (χ0) is 20.9. The van der Waals surface area contributed by atoms with Crippen molar-refractivity contribution >= 4 is 5.91 Å². The van der Waals surface area contributed by atoms with E-state index in [1.54, 1.807) is 7.11 Å². The van der Waals surface area contributed by atoms with Crippen LogP contribution in [0.2, 0.25) is 0 Å². The molecule has 156 valence electrons. The van der Waals surface area contributed by atoms with Crippen molar-refractivity contribution in [2.24, 2.45) is 7.05 Å². The van der Waals surface area contributed by atoms with E-state index >= 15 is 0 Å². The van der Waals surface area contributed by atoms with Gasteiger partial charge in [0, 0.05) is 18.9 Å². The van der Waals surface area contributed by atoms with Crippen LogP contribution < -0.4 is 10.1 Å². The number of methoxy groups -OCH3 is 1. The number of hydrogen-bond donors (Lipinski definition) is 1. The van der Waals surface area contributed by atoms with Gasteiger partial charge in [-0.2, -0.15) is 0 Å². The molecule has 0 spiro atoms. The van der Waals surface area contributed by atoms with Crippen LogP contribution in [0.5, 0.6) is 5.75 Å². The van der Waals surface area contributed by atoms with Crippen LogP contribution in [0.25, 0.3) is 0 Å². The molecule has 1 aromatic heterocycles. The fourth-order valence-corrected chi connectivity index (χ4v) is 4.36. The average molecular weight is 404 g/mol. The van der Waals surface area contributed by atoms with Gasteiger partial charge < -0.3 is 14.6 Å². The summed E-state index contributed by atoms with van der Waals surface area (Å²) >= 11 is 0. The Morgan fingerprint density at radius 2 is 1.80 bits per heavy atom. The maximum atomic E-state index is 13.1. The number of amides is 1. The fraction of sp³-hybridized carbons (Fsp3) is 0.320. The van der Waals surface area contributed by atoms with Gasteiger partial charge in [0.25, 0.3) is 0 Å². The lowest BCUT2D eigenvalue weighted by Gasteiger charge is -2.26. The summed E-state index contributed by atoms with van der Waals surface area (Å²) in [6, 6.07) is 22.3. The molecule has 2 heterocycles. The standard InChI is InChI=1S/C25H29N3O2/c1-27-16-6-10-22(27)23-11-7-17-28(23)18-24(29)26-25(19-8-4-3-5-9-19)20-12-14-21(30-2)15-13-20/h3-6,8-10,12-16,23,25H,7,11,17-18H2,1-2H3,(H,26,29). The Balaban J connectivity index is 1.51. The molecule has 2 aromatic carbocycles. The SMILES string of the molecule is COc1ccc(C(NC(=O)CN2CCCC2c2cccn2C)c2ccccc2)cc1. The lowest BCUT2D eigenvalue weighted by atomic mass is 9.98. The predicted molar refractivity (Wildman–Crippen MR) is 118 cm³/mol. The second-order valence-electron chi connectivity index (χ2n) is 7.86. The van der Waals surface area contributed by atoms with E-state index in [2.05, 4.69) is 52.3 Å². The predicted octanol–water partition coefficient (Wildman–Crippen LogP) is 4.08. The minimum absolute atomic E-state index is 0.0424. The molecule has 1 amide bonds. The second kappa shape index (κ2) is 9.18. The van der Waals surface area contributed by atoms with Crippen LogP contribution in [-0.4, -0.2) is 35.6 Å². The molecule has 1 saturated heterocycles. The molecule has 2 unspecified atom stereocenters.